The topological polar surface area (TPSA) is 9.86 Å². The number of aromatic nitrogens is 2. The lowest BCUT2D eigenvalue weighted by Crippen LogP contribution is -2.54. The van der Waals surface area contributed by atoms with Crippen molar-refractivity contribution in [1.29, 1.82) is 0 Å². The Kier molecular flexibility index (Phi) is 4.58. The predicted octanol–water partition coefficient (Wildman–Crippen LogP) is 8.14. The van der Waals surface area contributed by atoms with Gasteiger partial charge in [0.15, 0.2) is 0 Å². The molecule has 41 heavy (non-hydrogen) atoms. The van der Waals surface area contributed by atoms with Gasteiger partial charge in [-0.3, -0.25) is 0 Å². The first-order valence-electron chi connectivity index (χ1n) is 14.4. The summed E-state index contributed by atoms with van der Waals surface area (Å²) in [6, 6.07) is 47.2. The molecule has 0 atom stereocenters. The van der Waals surface area contributed by atoms with Gasteiger partial charge in [-0.25, -0.2) is 0 Å². The third kappa shape index (κ3) is 2.98. The van der Waals surface area contributed by atoms with E-state index < -0.39 is 0 Å². The van der Waals surface area contributed by atoms with Crippen molar-refractivity contribution in [3.63, 3.8) is 0 Å². The fraction of sp³-hybridized carbons (Fsp3) is 0.0526. The van der Waals surface area contributed by atoms with Gasteiger partial charge in [-0.1, -0.05) is 115 Å². The van der Waals surface area contributed by atoms with Gasteiger partial charge in [-0.15, -0.1) is 0 Å². The summed E-state index contributed by atoms with van der Waals surface area (Å²) in [5.41, 5.74) is 14.3. The number of hydrogen-bond acceptors (Lipinski definition) is 0. The average molecular weight is 522 g/mol. The molecule has 0 saturated heterocycles. The van der Waals surface area contributed by atoms with Crippen molar-refractivity contribution >= 4 is 61.4 Å². The summed E-state index contributed by atoms with van der Waals surface area (Å²) in [7, 11) is 0. The molecule has 0 N–H and O–H groups in total. The van der Waals surface area contributed by atoms with Crippen molar-refractivity contribution in [3.05, 3.63) is 139 Å². The largest absolute Gasteiger partial charge is 0.375 e. The number of benzene rings is 6. The summed E-state index contributed by atoms with van der Waals surface area (Å²) < 4.78 is 5.16. The number of rotatable bonds is 2. The smallest absolute Gasteiger partial charge is 0.332 e. The minimum Gasteiger partial charge on any atom is -0.375 e. The zero-order chi connectivity index (χ0) is 27.2. The Morgan fingerprint density at radius 3 is 2.15 bits per heavy atom. The fourth-order valence-corrected chi connectivity index (χ4v) is 7.45. The minimum absolute atomic E-state index is 0.0278. The van der Waals surface area contributed by atoms with E-state index in [1.54, 1.807) is 0 Å². The summed E-state index contributed by atoms with van der Waals surface area (Å²) in [5.74, 6) is 0. The van der Waals surface area contributed by atoms with Crippen molar-refractivity contribution in [2.75, 3.05) is 0 Å². The van der Waals surface area contributed by atoms with Crippen LogP contribution in [0.3, 0.4) is 0 Å². The second kappa shape index (κ2) is 8.25. The Balaban J connectivity index is 1.51. The first kappa shape index (κ1) is 22.8. The SMILES string of the molecule is Cc1ccc2c3ccc(C)c4c3n(c2c1)-c1ccccc1B4n1c2ccccc2c2cccc(-c3ccccc3)c21. The molecule has 1 aliphatic heterocycles. The Bertz CT molecular complexity index is 2340. The van der Waals surface area contributed by atoms with E-state index in [9.17, 15) is 0 Å². The Hall–Kier alpha value is -5.02. The van der Waals surface area contributed by atoms with E-state index in [-0.39, 0.29) is 6.85 Å². The maximum atomic E-state index is 2.64. The maximum absolute atomic E-state index is 2.64. The molecular formula is C38H27BN2. The first-order valence-corrected chi connectivity index (χ1v) is 14.4. The van der Waals surface area contributed by atoms with Gasteiger partial charge >= 0.3 is 6.85 Å². The van der Waals surface area contributed by atoms with Crippen LogP contribution < -0.4 is 10.9 Å². The Morgan fingerprint density at radius 1 is 0.537 bits per heavy atom. The van der Waals surface area contributed by atoms with Crippen molar-refractivity contribution in [2.45, 2.75) is 13.8 Å². The second-order valence-corrected chi connectivity index (χ2v) is 11.5. The summed E-state index contributed by atoms with van der Waals surface area (Å²) in [6.45, 7) is 4.51. The van der Waals surface area contributed by atoms with Crippen molar-refractivity contribution in [3.8, 4) is 16.8 Å². The first-order chi connectivity index (χ1) is 20.2. The van der Waals surface area contributed by atoms with E-state index in [0.29, 0.717) is 0 Å². The number of para-hydroxylation sites is 3. The molecule has 2 nitrogen and oxygen atoms in total. The van der Waals surface area contributed by atoms with Crippen LogP contribution >= 0.6 is 0 Å². The number of nitrogens with zero attached hydrogens (tertiary/aromatic N) is 2. The monoisotopic (exact) mass is 522 g/mol. The Labute approximate surface area is 239 Å². The molecule has 0 amide bonds. The van der Waals surface area contributed by atoms with Crippen molar-refractivity contribution in [1.82, 2.24) is 9.05 Å². The molecule has 0 unspecified atom stereocenters. The van der Waals surface area contributed by atoms with Gasteiger partial charge in [-0.05, 0) is 54.1 Å². The normalized spacial score (nSPS) is 12.6. The van der Waals surface area contributed by atoms with Crippen molar-refractivity contribution in [2.24, 2.45) is 0 Å². The highest BCUT2D eigenvalue weighted by Crippen LogP contribution is 2.39. The van der Waals surface area contributed by atoms with E-state index in [4.69, 9.17) is 0 Å². The van der Waals surface area contributed by atoms with Gasteiger partial charge in [0.05, 0.1) is 11.0 Å². The predicted molar refractivity (Wildman–Crippen MR) is 176 cm³/mol. The van der Waals surface area contributed by atoms with Gasteiger partial charge in [-0.2, -0.15) is 0 Å². The molecule has 0 bridgehead atoms. The lowest BCUT2D eigenvalue weighted by atomic mass is 9.47. The van der Waals surface area contributed by atoms with Crippen LogP contribution in [0.25, 0.3) is 60.4 Å². The third-order valence-electron chi connectivity index (χ3n) is 9.16. The molecule has 0 fully saturated rings. The summed E-state index contributed by atoms with van der Waals surface area (Å²) in [5, 5.41) is 5.23. The molecule has 0 radical (unpaired) electrons. The van der Waals surface area contributed by atoms with Crippen LogP contribution in [-0.2, 0) is 0 Å². The van der Waals surface area contributed by atoms with E-state index in [2.05, 4.69) is 150 Å². The molecule has 3 heteroatoms. The van der Waals surface area contributed by atoms with Gasteiger partial charge in [0.25, 0.3) is 0 Å². The van der Waals surface area contributed by atoms with E-state index in [0.717, 1.165) is 0 Å². The highest BCUT2D eigenvalue weighted by atomic mass is 15.0. The molecule has 192 valence electrons. The number of fused-ring (bicyclic) bond motifs is 8. The molecule has 9 rings (SSSR count). The molecule has 1 aliphatic rings. The second-order valence-electron chi connectivity index (χ2n) is 11.5. The van der Waals surface area contributed by atoms with Crippen LogP contribution in [0.1, 0.15) is 11.1 Å². The molecular weight excluding hydrogens is 495 g/mol. The van der Waals surface area contributed by atoms with Gasteiger partial charge in [0.2, 0.25) is 0 Å². The fourth-order valence-electron chi connectivity index (χ4n) is 7.45. The van der Waals surface area contributed by atoms with Crippen LogP contribution in [-0.4, -0.2) is 15.9 Å². The molecule has 8 aromatic rings. The zero-order valence-electron chi connectivity index (χ0n) is 23.1. The quantitative estimate of drug-likeness (QED) is 0.203. The number of aryl methyl sites for hydroxylation is 2. The van der Waals surface area contributed by atoms with Crippen LogP contribution in [0.15, 0.2) is 127 Å². The maximum Gasteiger partial charge on any atom is 0.332 e. The van der Waals surface area contributed by atoms with E-state index >= 15 is 0 Å². The Morgan fingerprint density at radius 2 is 1.24 bits per heavy atom. The lowest BCUT2D eigenvalue weighted by molar-refractivity contribution is 1.17. The molecule has 0 aliphatic carbocycles. The van der Waals surface area contributed by atoms with Gasteiger partial charge < -0.3 is 9.05 Å². The summed E-state index contributed by atoms with van der Waals surface area (Å²) in [4.78, 5) is 0. The molecule has 0 spiro atoms. The molecule has 2 aromatic heterocycles. The highest BCUT2D eigenvalue weighted by molar-refractivity contribution is 6.88. The van der Waals surface area contributed by atoms with Gasteiger partial charge in [0, 0.05) is 43.8 Å². The standard InChI is InChI=1S/C38H27BN2/c1-24-19-21-29-31-22-20-25(2)36-38(31)40(35(29)23-24)34-18-9-7-16-32(34)39(36)41-33-17-8-6-13-28(33)30-15-10-14-27(37(30)41)26-11-4-3-5-12-26/h3-23H,1-2H3. The van der Waals surface area contributed by atoms with Gasteiger partial charge in [0.1, 0.15) is 0 Å². The van der Waals surface area contributed by atoms with Crippen LogP contribution in [0, 0.1) is 13.8 Å². The van der Waals surface area contributed by atoms with Crippen LogP contribution in [0.2, 0.25) is 0 Å². The van der Waals surface area contributed by atoms with Crippen LogP contribution in [0.4, 0.5) is 0 Å². The van der Waals surface area contributed by atoms with E-state index in [1.807, 2.05) is 0 Å². The third-order valence-corrected chi connectivity index (χ3v) is 9.16. The van der Waals surface area contributed by atoms with Crippen LogP contribution in [0.5, 0.6) is 0 Å². The minimum atomic E-state index is 0.0278. The molecule has 3 heterocycles. The summed E-state index contributed by atoms with van der Waals surface area (Å²) >= 11 is 0. The summed E-state index contributed by atoms with van der Waals surface area (Å²) in [6.07, 6.45) is 0. The molecule has 6 aromatic carbocycles. The van der Waals surface area contributed by atoms with E-state index in [1.165, 1.54) is 82.5 Å². The average Bonchev–Trinajstić information content (AvgIpc) is 3.52. The lowest BCUT2D eigenvalue weighted by Gasteiger charge is -2.30. The molecule has 0 saturated carbocycles. The van der Waals surface area contributed by atoms with Crippen molar-refractivity contribution < 1.29 is 0 Å². The highest BCUT2D eigenvalue weighted by Gasteiger charge is 2.37. The number of hydrogen-bond donors (Lipinski definition) is 0. The zero-order valence-corrected chi connectivity index (χ0v) is 23.1.